The topological polar surface area (TPSA) is 66.6 Å². The van der Waals surface area contributed by atoms with Crippen molar-refractivity contribution >= 4 is 17.5 Å². The Morgan fingerprint density at radius 1 is 0.900 bits per heavy atom. The molecule has 2 N–H and O–H groups in total. The van der Waals surface area contributed by atoms with E-state index in [2.05, 4.69) is 49.9 Å². The van der Waals surface area contributed by atoms with Crippen molar-refractivity contribution in [1.29, 1.82) is 0 Å². The lowest BCUT2D eigenvalue weighted by Crippen LogP contribution is -2.48. The summed E-state index contributed by atoms with van der Waals surface area (Å²) >= 11 is 0. The number of rotatable bonds is 6. The standard InChI is InChI=1S/C25H33N3O2/c1-25(2,3)21-11-7-19(8-12-21)5-4-6-23(29)28-17-15-27(16-18-28)22-13-9-20(10-14-22)24(26)30/h7-14H,4-6,15-18H2,1-3H3,(H2,26,30). The maximum absolute atomic E-state index is 12.6. The second kappa shape index (κ2) is 9.33. The quantitative estimate of drug-likeness (QED) is 0.793. The molecular weight excluding hydrogens is 374 g/mol. The van der Waals surface area contributed by atoms with E-state index in [0.29, 0.717) is 12.0 Å². The minimum absolute atomic E-state index is 0.167. The Labute approximate surface area is 179 Å². The predicted molar refractivity (Wildman–Crippen MR) is 122 cm³/mol. The van der Waals surface area contributed by atoms with E-state index in [4.69, 9.17) is 5.73 Å². The van der Waals surface area contributed by atoms with Crippen molar-refractivity contribution in [3.05, 3.63) is 65.2 Å². The zero-order valence-electron chi connectivity index (χ0n) is 18.4. The Morgan fingerprint density at radius 2 is 1.50 bits per heavy atom. The van der Waals surface area contributed by atoms with Crippen molar-refractivity contribution in [2.45, 2.75) is 45.4 Å². The van der Waals surface area contributed by atoms with E-state index in [0.717, 1.165) is 44.7 Å². The highest BCUT2D eigenvalue weighted by Gasteiger charge is 2.21. The molecule has 0 spiro atoms. The minimum Gasteiger partial charge on any atom is -0.368 e. The van der Waals surface area contributed by atoms with Gasteiger partial charge < -0.3 is 15.5 Å². The van der Waals surface area contributed by atoms with Crippen molar-refractivity contribution in [1.82, 2.24) is 4.90 Å². The number of aryl methyl sites for hydroxylation is 1. The first-order valence-electron chi connectivity index (χ1n) is 10.8. The largest absolute Gasteiger partial charge is 0.368 e. The first-order chi connectivity index (χ1) is 14.2. The van der Waals surface area contributed by atoms with Crippen LogP contribution in [-0.2, 0) is 16.6 Å². The molecule has 0 aromatic heterocycles. The lowest BCUT2D eigenvalue weighted by atomic mass is 9.86. The van der Waals surface area contributed by atoms with Gasteiger partial charge in [-0.3, -0.25) is 9.59 Å². The number of amides is 2. The predicted octanol–water partition coefficient (Wildman–Crippen LogP) is 3.75. The van der Waals surface area contributed by atoms with Crippen LogP contribution in [0.1, 0.15) is 55.1 Å². The summed E-state index contributed by atoms with van der Waals surface area (Å²) in [5.74, 6) is -0.174. The Morgan fingerprint density at radius 3 is 2.03 bits per heavy atom. The zero-order valence-corrected chi connectivity index (χ0v) is 18.4. The van der Waals surface area contributed by atoms with E-state index in [9.17, 15) is 9.59 Å². The SMILES string of the molecule is CC(C)(C)c1ccc(CCCC(=O)N2CCN(c3ccc(C(N)=O)cc3)CC2)cc1. The maximum Gasteiger partial charge on any atom is 0.248 e. The molecule has 0 atom stereocenters. The van der Waals surface area contributed by atoms with Crippen LogP contribution in [0.25, 0.3) is 0 Å². The molecule has 2 aromatic rings. The summed E-state index contributed by atoms with van der Waals surface area (Å²) < 4.78 is 0. The van der Waals surface area contributed by atoms with Crippen molar-refractivity contribution in [3.63, 3.8) is 0 Å². The van der Waals surface area contributed by atoms with Crippen molar-refractivity contribution in [3.8, 4) is 0 Å². The average Bonchev–Trinajstić information content (AvgIpc) is 2.73. The molecule has 0 unspecified atom stereocenters. The van der Waals surface area contributed by atoms with Crippen LogP contribution in [0.5, 0.6) is 0 Å². The summed E-state index contributed by atoms with van der Waals surface area (Å²) in [5.41, 5.74) is 9.67. The smallest absolute Gasteiger partial charge is 0.248 e. The molecule has 0 saturated carbocycles. The fourth-order valence-electron chi connectivity index (χ4n) is 3.82. The lowest BCUT2D eigenvalue weighted by molar-refractivity contribution is -0.131. The summed E-state index contributed by atoms with van der Waals surface area (Å²) in [6.45, 7) is 9.73. The van der Waals surface area contributed by atoms with E-state index in [1.807, 2.05) is 17.0 Å². The van der Waals surface area contributed by atoms with Crippen LogP contribution >= 0.6 is 0 Å². The van der Waals surface area contributed by atoms with Gasteiger partial charge in [-0.25, -0.2) is 0 Å². The van der Waals surface area contributed by atoms with Crippen molar-refractivity contribution < 1.29 is 9.59 Å². The third-order valence-corrected chi connectivity index (χ3v) is 5.83. The van der Waals surface area contributed by atoms with Crippen molar-refractivity contribution in [2.75, 3.05) is 31.1 Å². The number of piperazine rings is 1. The molecule has 1 saturated heterocycles. The molecule has 1 fully saturated rings. The molecule has 3 rings (SSSR count). The summed E-state index contributed by atoms with van der Waals surface area (Å²) in [6, 6.07) is 16.1. The van der Waals surface area contributed by atoms with E-state index in [-0.39, 0.29) is 11.3 Å². The molecule has 0 bridgehead atoms. The maximum atomic E-state index is 12.6. The molecule has 1 aliphatic heterocycles. The van der Waals surface area contributed by atoms with Gasteiger partial charge in [0.1, 0.15) is 0 Å². The summed E-state index contributed by atoms with van der Waals surface area (Å²) in [6.07, 6.45) is 2.40. The molecule has 5 nitrogen and oxygen atoms in total. The van der Waals surface area contributed by atoms with Crippen LogP contribution in [0.2, 0.25) is 0 Å². The first kappa shape index (κ1) is 21.9. The molecule has 1 aliphatic rings. The molecule has 1 heterocycles. The molecule has 0 radical (unpaired) electrons. The van der Waals surface area contributed by atoms with E-state index < -0.39 is 5.91 Å². The third-order valence-electron chi connectivity index (χ3n) is 5.83. The fourth-order valence-corrected chi connectivity index (χ4v) is 3.82. The molecule has 30 heavy (non-hydrogen) atoms. The van der Waals surface area contributed by atoms with Crippen LogP contribution in [0, 0.1) is 0 Å². The van der Waals surface area contributed by atoms with Crippen LogP contribution in [0.15, 0.2) is 48.5 Å². The highest BCUT2D eigenvalue weighted by molar-refractivity contribution is 5.93. The third kappa shape index (κ3) is 5.62. The van der Waals surface area contributed by atoms with E-state index in [1.165, 1.54) is 11.1 Å². The Bertz CT molecular complexity index is 859. The number of nitrogens with two attached hydrogens (primary N) is 1. The Kier molecular flexibility index (Phi) is 6.80. The van der Waals surface area contributed by atoms with Gasteiger partial charge in [0.25, 0.3) is 0 Å². The number of primary amides is 1. The van der Waals surface area contributed by atoms with Gasteiger partial charge in [-0.2, -0.15) is 0 Å². The normalized spacial score (nSPS) is 14.6. The number of benzene rings is 2. The van der Waals surface area contributed by atoms with Crippen molar-refractivity contribution in [2.24, 2.45) is 5.73 Å². The summed E-state index contributed by atoms with van der Waals surface area (Å²) in [5, 5.41) is 0. The molecule has 5 heteroatoms. The zero-order chi connectivity index (χ0) is 21.7. The van der Waals surface area contributed by atoms with Gasteiger partial charge in [-0.05, 0) is 53.6 Å². The Balaban J connectivity index is 1.42. The Hall–Kier alpha value is -2.82. The number of carbonyl (C=O) groups is 2. The van der Waals surface area contributed by atoms with Gasteiger partial charge in [-0.15, -0.1) is 0 Å². The van der Waals surface area contributed by atoms with Crippen LogP contribution in [0.3, 0.4) is 0 Å². The molecule has 160 valence electrons. The van der Waals surface area contributed by atoms with Gasteiger partial charge in [0.2, 0.25) is 11.8 Å². The molecular formula is C25H33N3O2. The average molecular weight is 408 g/mol. The van der Waals surface area contributed by atoms with Crippen LogP contribution < -0.4 is 10.6 Å². The fraction of sp³-hybridized carbons (Fsp3) is 0.440. The number of hydrogen-bond acceptors (Lipinski definition) is 3. The lowest BCUT2D eigenvalue weighted by Gasteiger charge is -2.36. The minimum atomic E-state index is -0.415. The first-order valence-corrected chi connectivity index (χ1v) is 10.8. The van der Waals surface area contributed by atoms with Gasteiger partial charge >= 0.3 is 0 Å². The second-order valence-electron chi connectivity index (χ2n) is 9.08. The highest BCUT2D eigenvalue weighted by atomic mass is 16.2. The van der Waals surface area contributed by atoms with E-state index in [1.54, 1.807) is 12.1 Å². The number of hydrogen-bond donors (Lipinski definition) is 1. The van der Waals surface area contributed by atoms with E-state index >= 15 is 0 Å². The second-order valence-corrected chi connectivity index (χ2v) is 9.08. The summed E-state index contributed by atoms with van der Waals surface area (Å²) in [7, 11) is 0. The number of carbonyl (C=O) groups excluding carboxylic acids is 2. The monoisotopic (exact) mass is 407 g/mol. The molecule has 2 aromatic carbocycles. The van der Waals surface area contributed by atoms with Gasteiger partial charge in [0, 0.05) is 43.9 Å². The van der Waals surface area contributed by atoms with Gasteiger partial charge in [0.05, 0.1) is 0 Å². The van der Waals surface area contributed by atoms with Crippen LogP contribution in [0.4, 0.5) is 5.69 Å². The molecule has 0 aliphatic carbocycles. The number of nitrogens with zero attached hydrogens (tertiary/aromatic N) is 2. The summed E-state index contributed by atoms with van der Waals surface area (Å²) in [4.78, 5) is 28.0. The highest BCUT2D eigenvalue weighted by Crippen LogP contribution is 2.23. The van der Waals surface area contributed by atoms with Gasteiger partial charge in [0.15, 0.2) is 0 Å². The molecule has 2 amide bonds. The number of anilines is 1. The van der Waals surface area contributed by atoms with Gasteiger partial charge in [-0.1, -0.05) is 45.0 Å². The van der Waals surface area contributed by atoms with Crippen LogP contribution in [-0.4, -0.2) is 42.9 Å².